The molecule has 0 amide bonds. The fourth-order valence-electron chi connectivity index (χ4n) is 2.09. The van der Waals surface area contributed by atoms with E-state index in [0.717, 1.165) is 34.0 Å². The second-order valence-electron chi connectivity index (χ2n) is 5.88. The molecule has 2 rings (SSSR count). The zero-order valence-electron chi connectivity index (χ0n) is 14.9. The van der Waals surface area contributed by atoms with Gasteiger partial charge in [-0.05, 0) is 43.0 Å². The normalized spacial score (nSPS) is 12.3. The summed E-state index contributed by atoms with van der Waals surface area (Å²) >= 11 is 1.57. The van der Waals surface area contributed by atoms with Gasteiger partial charge in [0.05, 0.1) is 25.6 Å². The molecule has 1 aromatic carbocycles. The molecular formula is C18H25N3O2S. The van der Waals surface area contributed by atoms with Crippen molar-refractivity contribution in [2.75, 3.05) is 20.8 Å². The van der Waals surface area contributed by atoms with Crippen LogP contribution in [-0.4, -0.2) is 31.7 Å². The third kappa shape index (κ3) is 4.71. The quantitative estimate of drug-likeness (QED) is 0.717. The van der Waals surface area contributed by atoms with E-state index in [1.807, 2.05) is 35.2 Å². The van der Waals surface area contributed by atoms with Gasteiger partial charge in [-0.2, -0.15) is 5.10 Å². The molecule has 0 N–H and O–H groups in total. The predicted molar refractivity (Wildman–Crippen MR) is 99.5 cm³/mol. The SMILES string of the molecule is CN=c1scc(C)n1N=Cc1ccc(OCCC(C)C)c(OC)c1. The first-order valence-corrected chi connectivity index (χ1v) is 8.88. The number of thiazole rings is 1. The van der Waals surface area contributed by atoms with Crippen LogP contribution in [-0.2, 0) is 0 Å². The van der Waals surface area contributed by atoms with E-state index < -0.39 is 0 Å². The van der Waals surface area contributed by atoms with Crippen molar-refractivity contribution in [1.82, 2.24) is 4.68 Å². The molecule has 1 heterocycles. The first kappa shape index (κ1) is 18.3. The van der Waals surface area contributed by atoms with Crippen LogP contribution in [0.4, 0.5) is 0 Å². The summed E-state index contributed by atoms with van der Waals surface area (Å²) in [5, 5.41) is 6.54. The van der Waals surface area contributed by atoms with Crippen molar-refractivity contribution in [3.05, 3.63) is 39.6 Å². The monoisotopic (exact) mass is 347 g/mol. The highest BCUT2D eigenvalue weighted by atomic mass is 32.1. The summed E-state index contributed by atoms with van der Waals surface area (Å²) in [6.45, 7) is 7.06. The minimum atomic E-state index is 0.617. The Bertz CT molecular complexity index is 760. The average Bonchev–Trinajstić information content (AvgIpc) is 2.93. The molecule has 5 nitrogen and oxygen atoms in total. The zero-order chi connectivity index (χ0) is 17.5. The zero-order valence-corrected chi connectivity index (χ0v) is 15.8. The van der Waals surface area contributed by atoms with E-state index >= 15 is 0 Å². The van der Waals surface area contributed by atoms with E-state index in [9.17, 15) is 0 Å². The van der Waals surface area contributed by atoms with Gasteiger partial charge in [-0.3, -0.25) is 4.99 Å². The summed E-state index contributed by atoms with van der Waals surface area (Å²) in [5.41, 5.74) is 2.00. The number of hydrogen-bond acceptors (Lipinski definition) is 5. The van der Waals surface area contributed by atoms with Crippen LogP contribution in [0.5, 0.6) is 11.5 Å². The summed E-state index contributed by atoms with van der Waals surface area (Å²) in [7, 11) is 3.42. The van der Waals surface area contributed by atoms with Crippen molar-refractivity contribution in [2.24, 2.45) is 16.0 Å². The van der Waals surface area contributed by atoms with Crippen molar-refractivity contribution in [3.63, 3.8) is 0 Å². The molecule has 0 aliphatic heterocycles. The first-order chi connectivity index (χ1) is 11.5. The topological polar surface area (TPSA) is 48.1 Å². The van der Waals surface area contributed by atoms with Crippen LogP contribution in [0.25, 0.3) is 0 Å². The van der Waals surface area contributed by atoms with Crippen LogP contribution in [0, 0.1) is 12.8 Å². The van der Waals surface area contributed by atoms with Crippen molar-refractivity contribution >= 4 is 17.6 Å². The van der Waals surface area contributed by atoms with Crippen molar-refractivity contribution in [3.8, 4) is 11.5 Å². The highest BCUT2D eigenvalue weighted by Crippen LogP contribution is 2.28. The van der Waals surface area contributed by atoms with Crippen molar-refractivity contribution in [1.29, 1.82) is 0 Å². The lowest BCUT2D eigenvalue weighted by atomic mass is 10.1. The van der Waals surface area contributed by atoms with Crippen LogP contribution in [0.1, 0.15) is 31.5 Å². The molecule has 6 heteroatoms. The van der Waals surface area contributed by atoms with Gasteiger partial charge in [0.1, 0.15) is 0 Å². The highest BCUT2D eigenvalue weighted by Gasteiger charge is 2.06. The fraction of sp³-hybridized carbons (Fsp3) is 0.444. The lowest BCUT2D eigenvalue weighted by Gasteiger charge is -2.12. The molecule has 1 aromatic heterocycles. The summed E-state index contributed by atoms with van der Waals surface area (Å²) < 4.78 is 13.1. The molecule has 0 saturated carbocycles. The van der Waals surface area contributed by atoms with E-state index in [0.29, 0.717) is 12.5 Å². The Morgan fingerprint density at radius 2 is 2.08 bits per heavy atom. The van der Waals surface area contributed by atoms with Crippen LogP contribution in [0.15, 0.2) is 33.7 Å². The van der Waals surface area contributed by atoms with Crippen LogP contribution in [0.2, 0.25) is 0 Å². The van der Waals surface area contributed by atoms with Gasteiger partial charge < -0.3 is 9.47 Å². The molecule has 0 unspecified atom stereocenters. The molecule has 24 heavy (non-hydrogen) atoms. The maximum atomic E-state index is 5.81. The molecular weight excluding hydrogens is 322 g/mol. The Labute approximate surface area is 147 Å². The Morgan fingerprint density at radius 1 is 1.29 bits per heavy atom. The van der Waals surface area contributed by atoms with Crippen LogP contribution >= 0.6 is 11.3 Å². The molecule has 0 bridgehead atoms. The van der Waals surface area contributed by atoms with Crippen molar-refractivity contribution in [2.45, 2.75) is 27.2 Å². The number of nitrogens with zero attached hydrogens (tertiary/aromatic N) is 3. The second-order valence-corrected chi connectivity index (χ2v) is 6.72. The number of aromatic nitrogens is 1. The minimum Gasteiger partial charge on any atom is -0.493 e. The first-order valence-electron chi connectivity index (χ1n) is 8.00. The molecule has 2 aromatic rings. The standard InChI is InChI=1S/C18H25N3O2S/c1-13(2)8-9-23-16-7-6-15(10-17(16)22-5)11-20-21-14(3)12-24-18(21)19-4/h6-7,10-13H,8-9H2,1-5H3. The largest absolute Gasteiger partial charge is 0.493 e. The van der Waals surface area contributed by atoms with Crippen LogP contribution < -0.4 is 14.3 Å². The minimum absolute atomic E-state index is 0.617. The summed E-state index contributed by atoms with van der Waals surface area (Å²) in [4.78, 5) is 5.09. The summed E-state index contributed by atoms with van der Waals surface area (Å²) in [6.07, 6.45) is 2.82. The van der Waals surface area contributed by atoms with E-state index in [4.69, 9.17) is 9.47 Å². The molecule has 0 aliphatic carbocycles. The third-order valence-corrected chi connectivity index (χ3v) is 4.53. The Balaban J connectivity index is 2.17. The number of ether oxygens (including phenoxy) is 2. The predicted octanol–water partition coefficient (Wildman–Crippen LogP) is 3.70. The van der Waals surface area contributed by atoms with Gasteiger partial charge in [0, 0.05) is 12.4 Å². The molecule has 0 radical (unpaired) electrons. The van der Waals surface area contributed by atoms with E-state index in [-0.39, 0.29) is 0 Å². The molecule has 0 fully saturated rings. The van der Waals surface area contributed by atoms with E-state index in [1.165, 1.54) is 0 Å². The van der Waals surface area contributed by atoms with Gasteiger partial charge in [0.2, 0.25) is 4.80 Å². The molecule has 0 atom stereocenters. The van der Waals surface area contributed by atoms with Gasteiger partial charge >= 0.3 is 0 Å². The number of benzene rings is 1. The molecule has 0 aliphatic rings. The number of hydrogen-bond donors (Lipinski definition) is 0. The van der Waals surface area contributed by atoms with Gasteiger partial charge in [-0.1, -0.05) is 13.8 Å². The second kappa shape index (κ2) is 8.68. The van der Waals surface area contributed by atoms with Crippen LogP contribution in [0.3, 0.4) is 0 Å². The smallest absolute Gasteiger partial charge is 0.205 e. The number of aryl methyl sites for hydroxylation is 1. The molecule has 0 spiro atoms. The number of rotatable bonds is 7. The maximum Gasteiger partial charge on any atom is 0.205 e. The Hall–Kier alpha value is -2.08. The van der Waals surface area contributed by atoms with Gasteiger partial charge in [-0.25, -0.2) is 4.68 Å². The summed E-state index contributed by atoms with van der Waals surface area (Å²) in [6, 6.07) is 5.83. The van der Waals surface area contributed by atoms with Gasteiger partial charge in [0.25, 0.3) is 0 Å². The lowest BCUT2D eigenvalue weighted by molar-refractivity contribution is 0.273. The summed E-state index contributed by atoms with van der Waals surface area (Å²) in [5.74, 6) is 2.10. The van der Waals surface area contributed by atoms with E-state index in [2.05, 4.69) is 23.9 Å². The van der Waals surface area contributed by atoms with Crippen molar-refractivity contribution < 1.29 is 9.47 Å². The molecule has 0 saturated heterocycles. The van der Waals surface area contributed by atoms with Gasteiger partial charge in [-0.15, -0.1) is 11.3 Å². The maximum absolute atomic E-state index is 5.81. The molecule has 130 valence electrons. The highest BCUT2D eigenvalue weighted by molar-refractivity contribution is 7.07. The lowest BCUT2D eigenvalue weighted by Crippen LogP contribution is -2.11. The Morgan fingerprint density at radius 3 is 2.75 bits per heavy atom. The van der Waals surface area contributed by atoms with E-state index in [1.54, 1.807) is 31.7 Å². The Kier molecular flexibility index (Phi) is 6.61. The third-order valence-electron chi connectivity index (χ3n) is 3.50. The average molecular weight is 347 g/mol. The van der Waals surface area contributed by atoms with Gasteiger partial charge in [0.15, 0.2) is 11.5 Å². The fourth-order valence-corrected chi connectivity index (χ4v) is 2.86. The number of methoxy groups -OCH3 is 1.